The van der Waals surface area contributed by atoms with Crippen molar-refractivity contribution in [2.45, 2.75) is 0 Å². The highest BCUT2D eigenvalue weighted by atomic mass is 32.1. The van der Waals surface area contributed by atoms with Crippen molar-refractivity contribution in [3.63, 3.8) is 0 Å². The van der Waals surface area contributed by atoms with Crippen LogP contribution in [0.1, 0.15) is 0 Å². The van der Waals surface area contributed by atoms with Gasteiger partial charge >= 0.3 is 0 Å². The molecule has 0 unspecified atom stereocenters. The first-order chi connectivity index (χ1) is 29.7. The number of nitrogens with zero attached hydrogens (tertiary/aromatic N) is 4. The third-order valence-electron chi connectivity index (χ3n) is 11.6. The summed E-state index contributed by atoms with van der Waals surface area (Å²) in [6, 6.07) is 73.5. The van der Waals surface area contributed by atoms with Crippen molar-refractivity contribution in [3.8, 4) is 62.1 Å². The smallest absolute Gasteiger partial charge is 0.164 e. The van der Waals surface area contributed by atoms with Crippen LogP contribution in [0.3, 0.4) is 0 Å². The van der Waals surface area contributed by atoms with Crippen molar-refractivity contribution in [2.24, 2.45) is 0 Å². The third-order valence-corrected chi connectivity index (χ3v) is 12.8. The number of fused-ring (bicyclic) bond motifs is 7. The third kappa shape index (κ3) is 5.70. The lowest BCUT2D eigenvalue weighted by Crippen LogP contribution is -2.02. The molecule has 0 spiro atoms. The fraction of sp³-hybridized carbons (Fsp3) is 0. The van der Waals surface area contributed by atoms with Gasteiger partial charge in [-0.15, -0.1) is 11.3 Å². The van der Waals surface area contributed by atoms with Crippen molar-refractivity contribution in [2.75, 3.05) is 0 Å². The number of para-hydroxylation sites is 1. The Bertz CT molecular complexity index is 3610. The number of rotatable bonds is 6. The maximum atomic E-state index is 5.35. The summed E-state index contributed by atoms with van der Waals surface area (Å²) in [6.45, 7) is 0. The van der Waals surface area contributed by atoms with E-state index in [0.717, 1.165) is 55.7 Å². The second-order valence-electron chi connectivity index (χ2n) is 15.2. The van der Waals surface area contributed by atoms with Crippen LogP contribution in [0, 0.1) is 0 Å². The molecular formula is C55H34N4S. The van der Waals surface area contributed by atoms with Crippen molar-refractivity contribution in [1.29, 1.82) is 0 Å². The minimum absolute atomic E-state index is 0.618. The van der Waals surface area contributed by atoms with E-state index in [2.05, 4.69) is 193 Å². The summed E-state index contributed by atoms with van der Waals surface area (Å²) in [4.78, 5) is 15.8. The van der Waals surface area contributed by atoms with Crippen molar-refractivity contribution in [1.82, 2.24) is 19.5 Å². The normalized spacial score (nSPS) is 11.7. The number of thiophene rings is 1. The summed E-state index contributed by atoms with van der Waals surface area (Å²) in [5, 5.41) is 7.39. The minimum Gasteiger partial charge on any atom is -0.309 e. The molecule has 0 bridgehead atoms. The van der Waals surface area contributed by atoms with Gasteiger partial charge in [0.1, 0.15) is 0 Å². The predicted octanol–water partition coefficient (Wildman–Crippen LogP) is 14.8. The molecule has 5 heteroatoms. The fourth-order valence-corrected chi connectivity index (χ4v) is 9.96. The summed E-state index contributed by atoms with van der Waals surface area (Å²) in [7, 11) is 0. The molecule has 0 aliphatic rings. The maximum absolute atomic E-state index is 5.35. The van der Waals surface area contributed by atoms with Crippen LogP contribution in [-0.4, -0.2) is 19.5 Å². The Morgan fingerprint density at radius 1 is 0.317 bits per heavy atom. The zero-order valence-electron chi connectivity index (χ0n) is 32.3. The topological polar surface area (TPSA) is 43.6 Å². The molecule has 0 aliphatic heterocycles. The summed E-state index contributed by atoms with van der Waals surface area (Å²) in [6.07, 6.45) is 0. The molecule has 0 saturated heterocycles. The highest BCUT2D eigenvalue weighted by Crippen LogP contribution is 2.42. The first-order valence-corrected chi connectivity index (χ1v) is 21.0. The molecule has 0 fully saturated rings. The van der Waals surface area contributed by atoms with Gasteiger partial charge in [-0.1, -0.05) is 158 Å². The second kappa shape index (κ2) is 14.0. The van der Waals surface area contributed by atoms with Crippen LogP contribution in [0.5, 0.6) is 0 Å². The number of aromatic nitrogens is 4. The van der Waals surface area contributed by atoms with Gasteiger partial charge in [0.05, 0.1) is 11.0 Å². The monoisotopic (exact) mass is 782 g/mol. The molecule has 60 heavy (non-hydrogen) atoms. The van der Waals surface area contributed by atoms with E-state index in [1.165, 1.54) is 41.7 Å². The minimum atomic E-state index is 0.618. The SMILES string of the molecule is c1ccc(-c2nc(-c3ccc4c(c3)sc3ccccc34)nc(-c3ccc(-n4c5ccccc5c5cc6ccccc6cc54)cc3-c3ccccc3-c3ccccc3)n2)cc1. The van der Waals surface area contributed by atoms with Crippen LogP contribution in [0.25, 0.3) is 115 Å². The molecule has 4 nitrogen and oxygen atoms in total. The Balaban J connectivity index is 1.13. The average Bonchev–Trinajstić information content (AvgIpc) is 3.86. The van der Waals surface area contributed by atoms with E-state index in [1.54, 1.807) is 11.3 Å². The van der Waals surface area contributed by atoms with Gasteiger partial charge in [-0.05, 0) is 81.6 Å². The Kier molecular flexibility index (Phi) is 8.00. The molecule has 3 aromatic heterocycles. The van der Waals surface area contributed by atoms with Gasteiger partial charge < -0.3 is 4.57 Å². The molecule has 0 atom stereocenters. The molecule has 3 heterocycles. The number of hydrogen-bond donors (Lipinski definition) is 0. The summed E-state index contributed by atoms with van der Waals surface area (Å²) in [5.74, 6) is 1.89. The first kappa shape index (κ1) is 34.3. The van der Waals surface area contributed by atoms with Gasteiger partial charge in [-0.2, -0.15) is 0 Å². The highest BCUT2D eigenvalue weighted by Gasteiger charge is 2.21. The molecule has 0 N–H and O–H groups in total. The Morgan fingerprint density at radius 2 is 0.933 bits per heavy atom. The fourth-order valence-electron chi connectivity index (χ4n) is 8.82. The van der Waals surface area contributed by atoms with Gasteiger partial charge in [-0.25, -0.2) is 15.0 Å². The van der Waals surface area contributed by atoms with E-state index in [1.807, 2.05) is 18.2 Å². The van der Waals surface area contributed by atoms with Gasteiger partial charge in [0.15, 0.2) is 17.5 Å². The van der Waals surface area contributed by atoms with Crippen LogP contribution >= 0.6 is 11.3 Å². The molecule has 0 radical (unpaired) electrons. The van der Waals surface area contributed by atoms with Crippen molar-refractivity contribution in [3.05, 3.63) is 206 Å². The van der Waals surface area contributed by atoms with Gasteiger partial charge in [0.2, 0.25) is 0 Å². The lowest BCUT2D eigenvalue weighted by atomic mass is 9.91. The molecule has 9 aromatic carbocycles. The Hall–Kier alpha value is -7.73. The molecule has 0 aliphatic carbocycles. The molecule has 280 valence electrons. The Morgan fingerprint density at radius 3 is 1.75 bits per heavy atom. The number of benzene rings is 9. The van der Waals surface area contributed by atoms with Crippen molar-refractivity contribution < 1.29 is 0 Å². The Labute approximate surface area is 350 Å². The summed E-state index contributed by atoms with van der Waals surface area (Å²) in [5.41, 5.74) is 10.6. The molecule has 12 rings (SSSR count). The molecule has 12 aromatic rings. The molecule has 0 amide bonds. The van der Waals surface area contributed by atoms with Crippen LogP contribution in [0.15, 0.2) is 206 Å². The van der Waals surface area contributed by atoms with Gasteiger partial charge in [-0.3, -0.25) is 0 Å². The van der Waals surface area contributed by atoms with Crippen LogP contribution in [0.4, 0.5) is 0 Å². The van der Waals surface area contributed by atoms with E-state index < -0.39 is 0 Å². The largest absolute Gasteiger partial charge is 0.309 e. The number of hydrogen-bond acceptors (Lipinski definition) is 4. The lowest BCUT2D eigenvalue weighted by Gasteiger charge is -2.18. The first-order valence-electron chi connectivity index (χ1n) is 20.2. The standard InChI is InChI=1S/C55H34N4S/c1-3-15-35(16-4-1)41-21-9-10-22-42(41)47-34-40(59-49-25-13-11-23-43(49)48-31-37-19-7-8-20-38(37)32-50(48)59)28-30-46(47)55-57-53(36-17-5-2-6-18-36)56-54(58-55)39-27-29-45-44-24-12-14-26-51(44)60-52(45)33-39/h1-34H. The van der Waals surface area contributed by atoms with Crippen LogP contribution < -0.4 is 0 Å². The molecular weight excluding hydrogens is 749 g/mol. The van der Waals surface area contributed by atoms with Gasteiger partial charge in [0, 0.05) is 53.3 Å². The van der Waals surface area contributed by atoms with E-state index in [0.29, 0.717) is 17.5 Å². The van der Waals surface area contributed by atoms with E-state index in [4.69, 9.17) is 15.0 Å². The predicted molar refractivity (Wildman–Crippen MR) is 252 cm³/mol. The van der Waals surface area contributed by atoms with Gasteiger partial charge in [0.25, 0.3) is 0 Å². The quantitative estimate of drug-likeness (QED) is 0.169. The average molecular weight is 783 g/mol. The summed E-state index contributed by atoms with van der Waals surface area (Å²) >= 11 is 1.80. The highest BCUT2D eigenvalue weighted by molar-refractivity contribution is 7.25. The maximum Gasteiger partial charge on any atom is 0.164 e. The molecule has 0 saturated carbocycles. The van der Waals surface area contributed by atoms with E-state index in [9.17, 15) is 0 Å². The van der Waals surface area contributed by atoms with E-state index >= 15 is 0 Å². The lowest BCUT2D eigenvalue weighted by molar-refractivity contribution is 1.07. The zero-order valence-corrected chi connectivity index (χ0v) is 33.1. The van der Waals surface area contributed by atoms with E-state index in [-0.39, 0.29) is 0 Å². The van der Waals surface area contributed by atoms with Crippen LogP contribution in [0.2, 0.25) is 0 Å². The second-order valence-corrected chi connectivity index (χ2v) is 16.3. The summed E-state index contributed by atoms with van der Waals surface area (Å²) < 4.78 is 4.88. The van der Waals surface area contributed by atoms with Crippen LogP contribution in [-0.2, 0) is 0 Å². The zero-order chi connectivity index (χ0) is 39.6. The van der Waals surface area contributed by atoms with Crippen molar-refractivity contribution >= 4 is 64.1 Å².